The van der Waals surface area contributed by atoms with Crippen molar-refractivity contribution >= 4 is 47.6 Å². The highest BCUT2D eigenvalue weighted by Gasteiger charge is 2.41. The zero-order valence-corrected chi connectivity index (χ0v) is 50.4. The third-order valence-corrected chi connectivity index (χ3v) is 14.8. The number of carboxylic acids is 1. The fraction of sp³-hybridized carbons (Fsp3) is 0.645. The van der Waals surface area contributed by atoms with Gasteiger partial charge in [0.25, 0.3) is 17.7 Å². The standard InChI is InChI=1S/C62H92N4O15/c1-37(2)31-49(63-11)59(72)80-53(35-43-15-19-45(20-16-43)47-23-27-76-28-24-47)56(68)65(13)50(32-38(3)4)60(73)78-41(9)55(67)64(12)52(34-40(7)8)62(75)81-54(36-44-17-21-46(22-18-44)48-25-29-77-30-26-48)57(69)66(14)51(33-39(5)6)61(74)79-42(10)58(70)71/h15-22,33,37-42,47-50,52-54,63H,23-32,34-36H2,1-14H3,(H,70,71)/b51-33+/t41-,42-,49+,50+,52+,53-,54-/m1/s1. The van der Waals surface area contributed by atoms with Gasteiger partial charge in [-0.2, -0.15) is 0 Å². The first-order valence-corrected chi connectivity index (χ1v) is 28.8. The van der Waals surface area contributed by atoms with E-state index in [9.17, 15) is 43.5 Å². The van der Waals surface area contributed by atoms with Crippen molar-refractivity contribution in [3.63, 3.8) is 0 Å². The number of likely N-dealkylation sites (N-methyl/N-ethyl adjacent to an activating group) is 4. The van der Waals surface area contributed by atoms with Crippen LogP contribution in [0.3, 0.4) is 0 Å². The Labute approximate surface area is 480 Å². The first-order chi connectivity index (χ1) is 38.2. The molecule has 2 saturated heterocycles. The van der Waals surface area contributed by atoms with Crippen LogP contribution in [0.1, 0.15) is 148 Å². The summed E-state index contributed by atoms with van der Waals surface area (Å²) >= 11 is 0. The molecule has 2 N–H and O–H groups in total. The monoisotopic (exact) mass is 1130 g/mol. The number of carboxylic acid groups (broad SMARTS) is 1. The zero-order chi connectivity index (χ0) is 60.2. The van der Waals surface area contributed by atoms with Gasteiger partial charge in [0.05, 0.1) is 0 Å². The number of nitrogens with zero attached hydrogens (tertiary/aromatic N) is 3. The number of carbonyl (C=O) groups is 8. The van der Waals surface area contributed by atoms with Gasteiger partial charge in [0.1, 0.15) is 23.8 Å². The Hall–Kier alpha value is -6.18. The molecule has 0 aromatic heterocycles. The Bertz CT molecular complexity index is 2430. The van der Waals surface area contributed by atoms with Gasteiger partial charge in [0.15, 0.2) is 24.4 Å². The van der Waals surface area contributed by atoms with Crippen LogP contribution < -0.4 is 5.32 Å². The molecule has 2 heterocycles. The average Bonchev–Trinajstić information content (AvgIpc) is 3.46. The maximum Gasteiger partial charge on any atom is 0.355 e. The molecule has 2 aliphatic rings. The molecule has 0 bridgehead atoms. The van der Waals surface area contributed by atoms with E-state index in [4.69, 9.17) is 28.4 Å². The van der Waals surface area contributed by atoms with Crippen LogP contribution in [0.15, 0.2) is 60.3 Å². The molecular formula is C62H92N4O15. The van der Waals surface area contributed by atoms with Crippen LogP contribution in [0.2, 0.25) is 0 Å². The van der Waals surface area contributed by atoms with Gasteiger partial charge in [0.2, 0.25) is 0 Å². The van der Waals surface area contributed by atoms with Gasteiger partial charge in [-0.25, -0.2) is 19.2 Å². The third-order valence-electron chi connectivity index (χ3n) is 14.8. The lowest BCUT2D eigenvalue weighted by atomic mass is 9.90. The van der Waals surface area contributed by atoms with E-state index >= 15 is 0 Å². The molecule has 7 atom stereocenters. The number of amides is 3. The molecule has 450 valence electrons. The number of hydrogen-bond acceptors (Lipinski definition) is 15. The number of ether oxygens (including phenoxy) is 6. The van der Waals surface area contributed by atoms with Crippen molar-refractivity contribution in [2.45, 2.75) is 181 Å². The molecule has 0 radical (unpaired) electrons. The molecule has 81 heavy (non-hydrogen) atoms. The van der Waals surface area contributed by atoms with Crippen LogP contribution in [0.25, 0.3) is 0 Å². The van der Waals surface area contributed by atoms with Gasteiger partial charge in [-0.1, -0.05) is 110 Å². The van der Waals surface area contributed by atoms with Crippen molar-refractivity contribution in [3.05, 3.63) is 82.6 Å². The highest BCUT2D eigenvalue weighted by atomic mass is 16.6. The molecule has 3 amide bonds. The lowest BCUT2D eigenvalue weighted by Crippen LogP contribution is -2.53. The molecular weight excluding hydrogens is 1040 g/mol. The molecule has 0 spiro atoms. The normalized spacial score (nSPS) is 17.1. The van der Waals surface area contributed by atoms with Crippen LogP contribution in [-0.2, 0) is 79.6 Å². The van der Waals surface area contributed by atoms with E-state index in [0.717, 1.165) is 52.2 Å². The highest BCUT2D eigenvalue weighted by Crippen LogP contribution is 2.30. The molecule has 2 aliphatic heterocycles. The SMILES string of the molecule is CN[C@@H](CC(C)C)C(=O)O[C@H](Cc1ccc(C2CCOCC2)cc1)C(=O)N(C)[C@@H](CC(C)C)C(=O)O[C@H](C)C(=O)N(C)[C@@H](CC(C)C)C(=O)O[C@H](Cc1ccc(C2CCOCC2)cc1)C(=O)N(C)/C(=C/C(C)C)C(=O)O[C@H](C)C(=O)O. The number of benzene rings is 2. The van der Waals surface area contributed by atoms with E-state index in [-0.39, 0.29) is 61.0 Å². The average molecular weight is 1130 g/mol. The molecule has 2 fully saturated rings. The molecule has 0 aliphatic carbocycles. The number of aliphatic carboxylic acids is 1. The summed E-state index contributed by atoms with van der Waals surface area (Å²) in [7, 11) is 5.77. The summed E-state index contributed by atoms with van der Waals surface area (Å²) in [4.78, 5) is 115. The number of allylic oxidation sites excluding steroid dienone is 1. The first-order valence-electron chi connectivity index (χ1n) is 28.8. The topological polar surface area (TPSA) is 234 Å². The number of hydrogen-bond donors (Lipinski definition) is 2. The second-order valence-corrected chi connectivity index (χ2v) is 23.3. The number of carbonyl (C=O) groups excluding carboxylic acids is 7. The summed E-state index contributed by atoms with van der Waals surface area (Å²) in [6.07, 6.45) is -0.431. The largest absolute Gasteiger partial charge is 0.479 e. The molecule has 0 unspecified atom stereocenters. The highest BCUT2D eigenvalue weighted by molar-refractivity contribution is 5.97. The predicted molar refractivity (Wildman–Crippen MR) is 304 cm³/mol. The van der Waals surface area contributed by atoms with Gasteiger partial charge in [-0.05, 0) is 124 Å². The summed E-state index contributed by atoms with van der Waals surface area (Å²) in [5.41, 5.74) is 3.35. The first kappa shape index (κ1) is 67.3. The quantitative estimate of drug-likeness (QED) is 0.0458. The van der Waals surface area contributed by atoms with Crippen molar-refractivity contribution in [3.8, 4) is 0 Å². The van der Waals surface area contributed by atoms with Gasteiger partial charge >= 0.3 is 29.8 Å². The minimum atomic E-state index is -1.56. The molecule has 19 heteroatoms. The lowest BCUT2D eigenvalue weighted by Gasteiger charge is -2.34. The lowest BCUT2D eigenvalue weighted by molar-refractivity contribution is -0.173. The fourth-order valence-electron chi connectivity index (χ4n) is 10.0. The smallest absolute Gasteiger partial charge is 0.355 e. The Morgan fingerprint density at radius 1 is 0.556 bits per heavy atom. The van der Waals surface area contributed by atoms with Crippen LogP contribution in [0, 0.1) is 23.7 Å². The zero-order valence-electron chi connectivity index (χ0n) is 50.4. The van der Waals surface area contributed by atoms with Gasteiger partial charge in [-0.3, -0.25) is 19.2 Å². The molecule has 2 aromatic rings. The van der Waals surface area contributed by atoms with E-state index in [1.165, 1.54) is 46.0 Å². The predicted octanol–water partition coefficient (Wildman–Crippen LogP) is 7.41. The van der Waals surface area contributed by atoms with E-state index in [2.05, 4.69) is 5.32 Å². The van der Waals surface area contributed by atoms with Crippen molar-refractivity contribution in [2.24, 2.45) is 23.7 Å². The third kappa shape index (κ3) is 20.6. The minimum Gasteiger partial charge on any atom is -0.479 e. The van der Waals surface area contributed by atoms with Crippen LogP contribution in [0.5, 0.6) is 0 Å². The van der Waals surface area contributed by atoms with Crippen molar-refractivity contribution in [1.82, 2.24) is 20.0 Å². The van der Waals surface area contributed by atoms with Crippen LogP contribution >= 0.6 is 0 Å². The summed E-state index contributed by atoms with van der Waals surface area (Å²) < 4.78 is 34.4. The Morgan fingerprint density at radius 2 is 0.963 bits per heavy atom. The Balaban J connectivity index is 1.62. The summed E-state index contributed by atoms with van der Waals surface area (Å²) in [5, 5.41) is 12.5. The number of esters is 4. The Kier molecular flexibility index (Phi) is 27.0. The second-order valence-electron chi connectivity index (χ2n) is 23.3. The molecule has 19 nitrogen and oxygen atoms in total. The molecule has 0 saturated carbocycles. The summed E-state index contributed by atoms with van der Waals surface area (Å²) in [6, 6.07) is 12.2. The van der Waals surface area contributed by atoms with Gasteiger partial charge in [-0.15, -0.1) is 0 Å². The second kappa shape index (κ2) is 32.5. The summed E-state index contributed by atoms with van der Waals surface area (Å²) in [6.45, 7) is 20.1. The van der Waals surface area contributed by atoms with E-state index in [1.54, 1.807) is 20.9 Å². The van der Waals surface area contributed by atoms with E-state index in [0.29, 0.717) is 44.3 Å². The van der Waals surface area contributed by atoms with E-state index < -0.39 is 90.1 Å². The van der Waals surface area contributed by atoms with Crippen molar-refractivity contribution in [2.75, 3.05) is 54.6 Å². The van der Waals surface area contributed by atoms with Gasteiger partial charge < -0.3 is 53.5 Å². The van der Waals surface area contributed by atoms with Gasteiger partial charge in [0, 0.05) is 60.4 Å². The van der Waals surface area contributed by atoms with Crippen LogP contribution in [-0.4, -0.2) is 165 Å². The molecule has 2 aromatic carbocycles. The fourth-order valence-corrected chi connectivity index (χ4v) is 10.0. The Morgan fingerprint density at radius 3 is 1.37 bits per heavy atom. The number of nitrogens with one attached hydrogen (secondary N) is 1. The maximum atomic E-state index is 14.7. The van der Waals surface area contributed by atoms with Crippen molar-refractivity contribution < 1.29 is 71.9 Å². The maximum absolute atomic E-state index is 14.7. The van der Waals surface area contributed by atoms with Crippen LogP contribution in [0.4, 0.5) is 0 Å². The minimum absolute atomic E-state index is 0.0254. The number of rotatable bonds is 29. The van der Waals surface area contributed by atoms with E-state index in [1.807, 2.05) is 90.1 Å². The molecule has 4 rings (SSSR count). The van der Waals surface area contributed by atoms with Crippen molar-refractivity contribution in [1.29, 1.82) is 0 Å². The summed E-state index contributed by atoms with van der Waals surface area (Å²) in [5.74, 6) is -7.06.